The predicted molar refractivity (Wildman–Crippen MR) is 131 cm³/mol. The average molecular weight is 515 g/mol. The highest BCUT2D eigenvalue weighted by molar-refractivity contribution is 6.58. The largest absolute Gasteiger partial charge is 0.494 e. The second-order valence-electron chi connectivity index (χ2n) is 8.62. The molecule has 194 valence electrons. The Morgan fingerprint density at radius 1 is 1.22 bits per heavy atom. The molecule has 0 amide bonds. The number of esters is 1. The maximum absolute atomic E-state index is 13.6. The summed E-state index contributed by atoms with van der Waals surface area (Å²) in [5.41, 5.74) is 0.289. The molecule has 0 radical (unpaired) electrons. The number of alkyl halides is 3. The quantitative estimate of drug-likeness (QED) is 0.264. The van der Waals surface area contributed by atoms with E-state index in [0.29, 0.717) is 17.8 Å². The Hall–Kier alpha value is -3.90. The number of aromatic hydroxyl groups is 1. The van der Waals surface area contributed by atoms with Crippen LogP contribution in [-0.4, -0.2) is 78.8 Å². The van der Waals surface area contributed by atoms with E-state index in [2.05, 4.69) is 25.3 Å². The number of hydrogen-bond donors (Lipinski definition) is 3. The molecule has 2 aliphatic rings. The van der Waals surface area contributed by atoms with Crippen LogP contribution in [0.25, 0.3) is 10.9 Å². The van der Waals surface area contributed by atoms with E-state index >= 15 is 0 Å². The number of carbonyl (C=O) groups excluding carboxylic acids is 1. The molecule has 0 unspecified atom stereocenters. The number of halogens is 3. The summed E-state index contributed by atoms with van der Waals surface area (Å²) in [6, 6.07) is 8.30. The normalized spacial score (nSPS) is 17.2. The Bertz CT molecular complexity index is 1410. The summed E-state index contributed by atoms with van der Waals surface area (Å²) in [5, 5.41) is 18.4. The number of benzene rings is 2. The summed E-state index contributed by atoms with van der Waals surface area (Å²) in [7, 11) is 1.26. The first-order valence-electron chi connectivity index (χ1n) is 11.6. The molecule has 0 bridgehead atoms. The van der Waals surface area contributed by atoms with Gasteiger partial charge in [-0.2, -0.15) is 13.2 Å². The van der Waals surface area contributed by atoms with Crippen molar-refractivity contribution in [2.24, 2.45) is 10.1 Å². The number of aromatic amines is 1. The van der Waals surface area contributed by atoms with Gasteiger partial charge in [-0.25, -0.2) is 9.79 Å². The van der Waals surface area contributed by atoms with Gasteiger partial charge < -0.3 is 25.0 Å². The summed E-state index contributed by atoms with van der Waals surface area (Å²) in [5.74, 6) is -1.06. The molecule has 12 heteroatoms. The van der Waals surface area contributed by atoms with E-state index in [-0.39, 0.29) is 40.1 Å². The van der Waals surface area contributed by atoms with Gasteiger partial charge in [-0.15, -0.1) is 0 Å². The van der Waals surface area contributed by atoms with Crippen LogP contribution in [0.2, 0.25) is 0 Å². The number of fused-ring (bicyclic) bond motifs is 2. The first kappa shape index (κ1) is 24.8. The van der Waals surface area contributed by atoms with Gasteiger partial charge in [-0.3, -0.25) is 4.90 Å². The van der Waals surface area contributed by atoms with E-state index in [1.54, 1.807) is 6.07 Å². The van der Waals surface area contributed by atoms with Gasteiger partial charge in [0.2, 0.25) is 0 Å². The molecule has 0 saturated carbocycles. The van der Waals surface area contributed by atoms with Crippen molar-refractivity contribution in [3.63, 3.8) is 0 Å². The monoisotopic (exact) mass is 515 g/mol. The van der Waals surface area contributed by atoms with E-state index in [4.69, 9.17) is 9.57 Å². The standard InChI is InChI=1S/C25H24F3N5O4/c1-36-24(35)14-5-6-18-16(13-14)21(32-37-12-11-33-9-7-29-8-10-33)22(30-18)19-15-3-2-4-17(25(26,27)28)20(15)31-23(19)34/h2-6,13,29,31,34H,7-12H2,1H3/b32-21+. The van der Waals surface area contributed by atoms with E-state index in [0.717, 1.165) is 32.2 Å². The summed E-state index contributed by atoms with van der Waals surface area (Å²) < 4.78 is 45.6. The van der Waals surface area contributed by atoms with Gasteiger partial charge in [-0.1, -0.05) is 17.3 Å². The summed E-state index contributed by atoms with van der Waals surface area (Å²) in [4.78, 5) is 27.0. The lowest BCUT2D eigenvalue weighted by Gasteiger charge is -2.26. The lowest BCUT2D eigenvalue weighted by atomic mass is 9.99. The number of piperazine rings is 1. The van der Waals surface area contributed by atoms with Crippen LogP contribution in [0.1, 0.15) is 27.0 Å². The number of aromatic nitrogens is 1. The van der Waals surface area contributed by atoms with Crippen molar-refractivity contribution in [2.45, 2.75) is 6.18 Å². The molecular weight excluding hydrogens is 491 g/mol. The average Bonchev–Trinajstić information content (AvgIpc) is 3.41. The van der Waals surface area contributed by atoms with Crippen molar-refractivity contribution in [1.82, 2.24) is 15.2 Å². The van der Waals surface area contributed by atoms with Crippen molar-refractivity contribution in [3.8, 4) is 5.88 Å². The third kappa shape index (κ3) is 4.77. The first-order chi connectivity index (χ1) is 17.8. The third-order valence-corrected chi connectivity index (χ3v) is 6.35. The zero-order chi connectivity index (χ0) is 26.2. The van der Waals surface area contributed by atoms with Gasteiger partial charge in [0.25, 0.3) is 0 Å². The van der Waals surface area contributed by atoms with Crippen LogP contribution in [0.5, 0.6) is 5.88 Å². The molecule has 9 nitrogen and oxygen atoms in total. The molecule has 5 rings (SSSR count). The van der Waals surface area contributed by atoms with Crippen LogP contribution >= 0.6 is 0 Å². The van der Waals surface area contributed by atoms with Crippen molar-refractivity contribution in [2.75, 3.05) is 46.4 Å². The molecule has 3 heterocycles. The molecule has 3 N–H and O–H groups in total. The second kappa shape index (κ2) is 9.87. The van der Waals surface area contributed by atoms with E-state index in [1.165, 1.54) is 31.4 Å². The lowest BCUT2D eigenvalue weighted by molar-refractivity contribution is -0.136. The van der Waals surface area contributed by atoms with E-state index in [9.17, 15) is 23.1 Å². The molecule has 37 heavy (non-hydrogen) atoms. The summed E-state index contributed by atoms with van der Waals surface area (Å²) >= 11 is 0. The number of oxime groups is 1. The van der Waals surface area contributed by atoms with Gasteiger partial charge in [0, 0.05) is 43.7 Å². The van der Waals surface area contributed by atoms with Crippen LogP contribution < -0.4 is 5.32 Å². The molecule has 1 saturated heterocycles. The maximum Gasteiger partial charge on any atom is 0.418 e. The van der Waals surface area contributed by atoms with Crippen LogP contribution in [0.15, 0.2) is 46.5 Å². The van der Waals surface area contributed by atoms with Crippen molar-refractivity contribution in [1.29, 1.82) is 0 Å². The number of methoxy groups -OCH3 is 1. The fraction of sp³-hybridized carbons (Fsp3) is 0.320. The first-order valence-corrected chi connectivity index (χ1v) is 11.6. The minimum atomic E-state index is -4.63. The Labute approximate surface area is 209 Å². The Morgan fingerprint density at radius 2 is 2.00 bits per heavy atom. The SMILES string of the molecule is COC(=O)c1ccc2c(c1)/C(=N\OCCN1CCNCC1)C(c1c(O)[nH]c3c(C(F)(F)F)cccc13)=N2. The minimum Gasteiger partial charge on any atom is -0.494 e. The topological polar surface area (TPSA) is 112 Å². The zero-order valence-electron chi connectivity index (χ0n) is 19.9. The maximum atomic E-state index is 13.6. The molecule has 1 aromatic heterocycles. The van der Waals surface area contributed by atoms with Crippen molar-refractivity contribution in [3.05, 3.63) is 58.7 Å². The van der Waals surface area contributed by atoms with Crippen LogP contribution in [0.4, 0.5) is 18.9 Å². The number of rotatable bonds is 6. The number of ether oxygens (including phenoxy) is 1. The van der Waals surface area contributed by atoms with Crippen LogP contribution in [0.3, 0.4) is 0 Å². The molecule has 0 atom stereocenters. The number of hydrogen-bond acceptors (Lipinski definition) is 8. The highest BCUT2D eigenvalue weighted by Gasteiger charge is 2.36. The van der Waals surface area contributed by atoms with Crippen molar-refractivity contribution < 1.29 is 32.6 Å². The second-order valence-corrected chi connectivity index (χ2v) is 8.62. The highest BCUT2D eigenvalue weighted by Crippen LogP contribution is 2.40. The molecule has 1 fully saturated rings. The zero-order valence-corrected chi connectivity index (χ0v) is 19.9. The third-order valence-electron chi connectivity index (χ3n) is 6.35. The number of nitrogens with one attached hydrogen (secondary N) is 2. The highest BCUT2D eigenvalue weighted by atomic mass is 19.4. The van der Waals surface area contributed by atoms with Crippen LogP contribution in [0, 0.1) is 0 Å². The number of carbonyl (C=O) groups is 1. The lowest BCUT2D eigenvalue weighted by Crippen LogP contribution is -2.44. The molecule has 0 aliphatic carbocycles. The number of aliphatic imine (C=N–C) groups is 1. The fourth-order valence-electron chi connectivity index (χ4n) is 4.53. The van der Waals surface area contributed by atoms with Gasteiger partial charge in [0.1, 0.15) is 18.0 Å². The van der Waals surface area contributed by atoms with Crippen LogP contribution in [-0.2, 0) is 15.8 Å². The summed E-state index contributed by atoms with van der Waals surface area (Å²) in [6.07, 6.45) is -4.63. The molecule has 2 aliphatic heterocycles. The molecule has 3 aromatic rings. The smallest absolute Gasteiger partial charge is 0.418 e. The Morgan fingerprint density at radius 3 is 2.73 bits per heavy atom. The summed E-state index contributed by atoms with van der Waals surface area (Å²) in [6.45, 7) is 4.42. The minimum absolute atomic E-state index is 0.0568. The van der Waals surface area contributed by atoms with E-state index < -0.39 is 23.6 Å². The predicted octanol–water partition coefficient (Wildman–Crippen LogP) is 3.44. The number of nitrogens with zero attached hydrogens (tertiary/aromatic N) is 3. The molecule has 0 spiro atoms. The number of H-pyrrole nitrogens is 1. The van der Waals surface area contributed by atoms with E-state index in [1.807, 2.05) is 0 Å². The van der Waals surface area contributed by atoms with Gasteiger partial charge in [-0.05, 0) is 24.3 Å². The van der Waals surface area contributed by atoms with Gasteiger partial charge >= 0.3 is 12.1 Å². The van der Waals surface area contributed by atoms with Gasteiger partial charge in [0.15, 0.2) is 5.88 Å². The molecule has 2 aromatic carbocycles. The Balaban J connectivity index is 1.55. The van der Waals surface area contributed by atoms with Crippen molar-refractivity contribution >= 4 is 34.0 Å². The van der Waals surface area contributed by atoms with Gasteiger partial charge in [0.05, 0.1) is 35.0 Å². The Kier molecular flexibility index (Phi) is 6.61. The molecular formula is C25H24F3N5O4. The fourth-order valence-corrected chi connectivity index (χ4v) is 4.53. The number of para-hydroxylation sites is 1.